The summed E-state index contributed by atoms with van der Waals surface area (Å²) in [5.41, 5.74) is 29.4. The lowest BCUT2D eigenvalue weighted by atomic mass is 9.96. The van der Waals surface area contributed by atoms with Gasteiger partial charge in [0.25, 0.3) is 0 Å². The number of halogens is 3. The Labute approximate surface area is 699 Å². The Morgan fingerprint density at radius 2 is 0.733 bits per heavy atom. The van der Waals surface area contributed by atoms with E-state index in [1.807, 2.05) is 13.8 Å². The fourth-order valence-electron chi connectivity index (χ4n) is 11.6. The second-order valence-corrected chi connectivity index (χ2v) is 31.2. The summed E-state index contributed by atoms with van der Waals surface area (Å²) >= 11 is 1.38. The molecule has 2 rings (SSSR count). The van der Waals surface area contributed by atoms with Crippen LogP contribution in [0.2, 0.25) is 0 Å². The summed E-state index contributed by atoms with van der Waals surface area (Å²) in [5, 5.41) is 78.6. The highest BCUT2D eigenvalue weighted by Gasteiger charge is 2.41. The number of aliphatic hydroxyl groups excluding tert-OH is 2. The third-order valence-corrected chi connectivity index (χ3v) is 18.8. The fourth-order valence-corrected chi connectivity index (χ4v) is 12.0. The molecular formula is C77H124F3N19O20S. The van der Waals surface area contributed by atoms with Crippen molar-refractivity contribution in [3.05, 3.63) is 71.8 Å². The van der Waals surface area contributed by atoms with Crippen LogP contribution >= 0.6 is 11.8 Å². The number of nitrogens with zero attached hydrogens (tertiary/aromatic N) is 2. The van der Waals surface area contributed by atoms with Gasteiger partial charge in [-0.1, -0.05) is 136 Å². The number of benzene rings is 2. The van der Waals surface area contributed by atoms with Gasteiger partial charge < -0.3 is 118 Å². The molecule has 0 aliphatic heterocycles. The number of hydrogen-bond donors (Lipinski definition) is 22. The Bertz CT molecular complexity index is 3710. The van der Waals surface area contributed by atoms with Crippen LogP contribution in [0.1, 0.15) is 151 Å². The van der Waals surface area contributed by atoms with Crippen molar-refractivity contribution in [2.45, 2.75) is 237 Å². The quantitative estimate of drug-likeness (QED) is 0.0191. The summed E-state index contributed by atoms with van der Waals surface area (Å²) in [4.78, 5) is 212. The number of aliphatic imine (C=N–C) groups is 2. The Morgan fingerprint density at radius 3 is 1.09 bits per heavy atom. The zero-order chi connectivity index (χ0) is 91.3. The van der Waals surface area contributed by atoms with Crippen LogP contribution in [-0.2, 0) is 84.8 Å². The molecule has 0 heterocycles. The molecule has 2 aromatic carbocycles. The van der Waals surface area contributed by atoms with E-state index in [-0.39, 0.29) is 113 Å². The first-order chi connectivity index (χ1) is 56.2. The highest BCUT2D eigenvalue weighted by atomic mass is 32.2. The number of guanidine groups is 2. The van der Waals surface area contributed by atoms with E-state index in [1.54, 1.807) is 122 Å². The van der Waals surface area contributed by atoms with E-state index >= 15 is 0 Å². The molecule has 39 nitrogen and oxygen atoms in total. The van der Waals surface area contributed by atoms with Gasteiger partial charge >= 0.3 is 24.1 Å². The highest BCUT2D eigenvalue weighted by Crippen LogP contribution is 2.18. The van der Waals surface area contributed by atoms with Gasteiger partial charge in [-0.2, -0.15) is 24.9 Å². The van der Waals surface area contributed by atoms with Crippen LogP contribution < -0.4 is 92.5 Å². The van der Waals surface area contributed by atoms with Gasteiger partial charge in [-0.15, -0.1) is 0 Å². The van der Waals surface area contributed by atoms with Crippen LogP contribution in [-0.4, -0.2) is 249 Å². The first-order valence-electron chi connectivity index (χ1n) is 39.2. The van der Waals surface area contributed by atoms with Crippen molar-refractivity contribution in [3.8, 4) is 0 Å². The van der Waals surface area contributed by atoms with E-state index in [9.17, 15) is 101 Å². The molecule has 43 heteroatoms. The maximum absolute atomic E-state index is 14.8. The van der Waals surface area contributed by atoms with Gasteiger partial charge in [-0.05, 0) is 111 Å². The standard InChI is InChI=1S/C75H123N19O18S.C2HF3O2/c1-12-44(10)60(94-70(108)57(39-96)92-63(101)50(27-28-58(97)98)83-61(99)47(76)33-40(2)3)72(110)90-55(37-46-23-17-14-18-24-46)68(106)84-48(25-19-30-81-74(77)78)62(100)91-56(38-95)69(107)88-53(35-42(6)7)65(103)87-52(34-41(4)5)66(104)89-54(36-45-21-15-13-16-22-45)67(105)85-49(26-20-31-82-75(79)80)64(102)93-59(43(8)9)71(109)86-51(73(111)112)29-32-113-11;3-2(4,5)1(6)7/h13-18,21-24,40-44,47-57,59-60,95-96H,12,19-20,25-39,76H2,1-11H3,(H,83,99)(H,84,106)(H,85,105)(H,86,109)(H,87,103)(H,88,107)(H,89,104)(H,90,110)(H,91,100)(H,92,101)(H,93,102)(H,94,108)(H,97,98)(H,111,112)(H4,77,78,81)(H4,79,80,82);(H,6,7)/t44-,47-,48-,49-,50-,51-,52-,53-,54-,55-,56-,57-,59-,60-;/m0./s1. The molecule has 0 spiro atoms. The Morgan fingerprint density at radius 1 is 0.417 bits per heavy atom. The minimum atomic E-state index is -5.08. The van der Waals surface area contributed by atoms with Crippen molar-refractivity contribution in [3.63, 3.8) is 0 Å². The van der Waals surface area contributed by atoms with Crippen LogP contribution in [0, 0.1) is 29.6 Å². The second kappa shape index (κ2) is 55.7. The first kappa shape index (κ1) is 107. The number of rotatable bonds is 54. The molecule has 0 aromatic heterocycles. The number of carboxylic acids is 3. The average molecular weight is 1730 g/mol. The molecule has 0 unspecified atom stereocenters. The van der Waals surface area contributed by atoms with Gasteiger partial charge in [-0.3, -0.25) is 72.3 Å². The van der Waals surface area contributed by atoms with Crippen molar-refractivity contribution < 1.29 is 111 Å². The van der Waals surface area contributed by atoms with Crippen molar-refractivity contribution in [2.24, 2.45) is 68.2 Å². The van der Waals surface area contributed by atoms with Gasteiger partial charge in [0.15, 0.2) is 11.9 Å². The molecular weight excluding hydrogens is 1600 g/mol. The van der Waals surface area contributed by atoms with Gasteiger partial charge in [0, 0.05) is 32.4 Å². The zero-order valence-corrected chi connectivity index (χ0v) is 70.4. The molecule has 0 saturated carbocycles. The third-order valence-electron chi connectivity index (χ3n) is 18.1. The number of nitrogens with one attached hydrogen (secondary N) is 12. The number of alkyl halides is 3. The highest BCUT2D eigenvalue weighted by molar-refractivity contribution is 7.98. The van der Waals surface area contributed by atoms with Gasteiger partial charge in [0.1, 0.15) is 72.5 Å². The molecule has 0 radical (unpaired) electrons. The van der Waals surface area contributed by atoms with E-state index in [0.717, 1.165) is 0 Å². The number of carbonyl (C=O) groups is 15. The normalized spacial score (nSPS) is 14.7. The molecule has 2 aromatic rings. The maximum Gasteiger partial charge on any atom is 0.490 e. The van der Waals surface area contributed by atoms with Crippen molar-refractivity contribution in [1.82, 2.24) is 63.8 Å². The first-order valence-corrected chi connectivity index (χ1v) is 40.6. The minimum absolute atomic E-state index is 0.0159. The maximum atomic E-state index is 14.8. The summed E-state index contributed by atoms with van der Waals surface area (Å²) in [7, 11) is 0. The number of aliphatic carboxylic acids is 3. The van der Waals surface area contributed by atoms with Crippen LogP contribution in [0.15, 0.2) is 70.6 Å². The topological polar surface area (TPSA) is 656 Å². The van der Waals surface area contributed by atoms with E-state index < -0.39 is 211 Å². The third kappa shape index (κ3) is 42.6. The molecule has 0 aliphatic rings. The molecule has 120 heavy (non-hydrogen) atoms. The molecule has 14 atom stereocenters. The molecule has 27 N–H and O–H groups in total. The summed E-state index contributed by atoms with van der Waals surface area (Å²) < 4.78 is 31.7. The lowest BCUT2D eigenvalue weighted by molar-refractivity contribution is -0.192. The van der Waals surface area contributed by atoms with Gasteiger partial charge in [0.05, 0.1) is 19.3 Å². The predicted octanol–water partition coefficient (Wildman–Crippen LogP) is -2.12. The second-order valence-electron chi connectivity index (χ2n) is 30.2. The smallest absolute Gasteiger partial charge is 0.481 e. The SMILES string of the molecule is CC[C@H](C)[C@H](NC(=O)[C@H](CO)NC(=O)[C@H](CCC(=O)O)NC(=O)[C@@H](N)CC(C)C)C(=O)N[C@@H](Cc1ccccc1)C(=O)N[C@@H](CCCN=C(N)N)C(=O)N[C@@H](CO)C(=O)N[C@@H](CC(C)C)C(=O)N[C@@H](CC(C)C)C(=O)N[C@@H](Cc1ccccc1)C(=O)N[C@@H](CCCN=C(N)N)C(=O)N[C@H](C(=O)N[C@@H](CCSC)C(=O)O)C(C)C.O=C(O)C(F)(F)F. The fraction of sp³-hybridized carbons (Fsp3) is 0.623. The number of carboxylic acid groups (broad SMARTS) is 3. The average Bonchev–Trinajstić information content (AvgIpc) is 0.840. The molecule has 674 valence electrons. The van der Waals surface area contributed by atoms with Crippen LogP contribution in [0.3, 0.4) is 0 Å². The summed E-state index contributed by atoms with van der Waals surface area (Å²) in [6.07, 6.45) is -4.43. The number of hydrogen-bond acceptors (Lipinski definition) is 21. The molecule has 0 bridgehead atoms. The zero-order valence-electron chi connectivity index (χ0n) is 69.6. The number of thioether (sulfide) groups is 1. The molecule has 12 amide bonds. The largest absolute Gasteiger partial charge is 0.490 e. The summed E-state index contributed by atoms with van der Waals surface area (Å²) in [6, 6.07) is -2.19. The Balaban J connectivity index is 0.00000980. The summed E-state index contributed by atoms with van der Waals surface area (Å²) in [6.45, 7) is 15.0. The monoisotopic (exact) mass is 1720 g/mol. The predicted molar refractivity (Wildman–Crippen MR) is 439 cm³/mol. The van der Waals surface area contributed by atoms with Crippen LogP contribution in [0.25, 0.3) is 0 Å². The lowest BCUT2D eigenvalue weighted by Crippen LogP contribution is -2.62. The molecule has 0 saturated heterocycles. The number of amides is 12. The minimum Gasteiger partial charge on any atom is -0.481 e. The lowest BCUT2D eigenvalue weighted by Gasteiger charge is -2.30. The number of carbonyl (C=O) groups excluding carboxylic acids is 12. The van der Waals surface area contributed by atoms with Crippen molar-refractivity contribution >= 4 is 112 Å². The van der Waals surface area contributed by atoms with Crippen LogP contribution in [0.5, 0.6) is 0 Å². The van der Waals surface area contributed by atoms with Crippen molar-refractivity contribution in [2.75, 3.05) is 38.3 Å². The van der Waals surface area contributed by atoms with Crippen LogP contribution in [0.4, 0.5) is 13.2 Å². The van der Waals surface area contributed by atoms with Gasteiger partial charge in [0.2, 0.25) is 70.9 Å². The van der Waals surface area contributed by atoms with Gasteiger partial charge in [-0.25, -0.2) is 9.59 Å². The molecule has 0 fully saturated rings. The van der Waals surface area contributed by atoms with Crippen molar-refractivity contribution in [1.29, 1.82) is 0 Å². The van der Waals surface area contributed by atoms with E-state index in [4.69, 9.17) is 38.6 Å². The van der Waals surface area contributed by atoms with E-state index in [2.05, 4.69) is 73.8 Å². The molecule has 0 aliphatic carbocycles. The Hall–Kier alpha value is -10.9. The van der Waals surface area contributed by atoms with E-state index in [0.29, 0.717) is 16.9 Å². The summed E-state index contributed by atoms with van der Waals surface area (Å²) in [5.74, 6) is -18.6. The van der Waals surface area contributed by atoms with E-state index in [1.165, 1.54) is 11.8 Å². The Kier molecular flexibility index (Phi) is 49.7. The number of nitrogens with two attached hydrogens (primary N) is 5. The number of aliphatic hydroxyl groups is 2.